The Morgan fingerprint density at radius 3 is 1.10 bits per heavy atom. The third-order valence-corrected chi connectivity index (χ3v) is 10.5. The molecule has 0 aromatic heterocycles. The molecule has 0 amide bonds. The number of rotatable bonds is 10. The SMILES string of the molecule is CC(C)P(CCNCCP(C(C)C)C(C)C)C(C)C.[Cl][Cu]. The van der Waals surface area contributed by atoms with Crippen LogP contribution in [0.4, 0.5) is 0 Å². The van der Waals surface area contributed by atoms with Gasteiger partial charge in [-0.3, -0.25) is 0 Å². The zero-order valence-electron chi connectivity index (χ0n) is 15.2. The maximum absolute atomic E-state index is 4.20. The second-order valence-electron chi connectivity index (χ2n) is 6.60. The van der Waals surface area contributed by atoms with Gasteiger partial charge < -0.3 is 5.32 Å². The Kier molecular flexibility index (Phi) is 18.0. The summed E-state index contributed by atoms with van der Waals surface area (Å²) in [6.45, 7) is 21.6. The number of hydrogen-bond donors (Lipinski definition) is 1. The van der Waals surface area contributed by atoms with Crippen LogP contribution in [0.2, 0.25) is 0 Å². The van der Waals surface area contributed by atoms with Crippen molar-refractivity contribution in [1.82, 2.24) is 5.32 Å². The molecule has 0 spiro atoms. The second-order valence-corrected chi connectivity index (χ2v) is 13.7. The van der Waals surface area contributed by atoms with Crippen LogP contribution in [0.5, 0.6) is 0 Å². The fourth-order valence-electron chi connectivity index (χ4n) is 2.77. The fourth-order valence-corrected chi connectivity index (χ4v) is 8.05. The predicted molar refractivity (Wildman–Crippen MR) is 103 cm³/mol. The van der Waals surface area contributed by atoms with Gasteiger partial charge in [-0.2, -0.15) is 0 Å². The third-order valence-electron chi connectivity index (χ3n) is 3.75. The third kappa shape index (κ3) is 12.7. The molecule has 21 heavy (non-hydrogen) atoms. The van der Waals surface area contributed by atoms with Crippen LogP contribution in [0, 0.1) is 0 Å². The van der Waals surface area contributed by atoms with Gasteiger partial charge in [-0.05, 0) is 48.0 Å². The first-order valence-corrected chi connectivity index (χ1v) is 12.7. The van der Waals surface area contributed by atoms with E-state index in [9.17, 15) is 0 Å². The van der Waals surface area contributed by atoms with Gasteiger partial charge in [-0.1, -0.05) is 55.4 Å². The van der Waals surface area contributed by atoms with Crippen LogP contribution < -0.4 is 5.32 Å². The number of nitrogens with one attached hydrogen (secondary N) is 1. The van der Waals surface area contributed by atoms with Crippen molar-refractivity contribution in [3.8, 4) is 0 Å². The number of halogens is 1. The van der Waals surface area contributed by atoms with Crippen LogP contribution in [-0.4, -0.2) is 48.0 Å². The summed E-state index contributed by atoms with van der Waals surface area (Å²) in [6.07, 6.45) is 2.79. The first-order chi connectivity index (χ1) is 9.77. The average Bonchev–Trinajstić information content (AvgIpc) is 2.38. The molecule has 0 atom stereocenters. The van der Waals surface area contributed by atoms with E-state index in [0.717, 1.165) is 22.6 Å². The van der Waals surface area contributed by atoms with Gasteiger partial charge in [-0.25, -0.2) is 0 Å². The van der Waals surface area contributed by atoms with E-state index in [1.807, 2.05) is 0 Å². The molecule has 0 aromatic rings. The molecule has 1 N–H and O–H groups in total. The molecule has 0 aromatic carbocycles. The van der Waals surface area contributed by atoms with Gasteiger partial charge in [0.1, 0.15) is 0 Å². The summed E-state index contributed by atoms with van der Waals surface area (Å²) in [6, 6.07) is 0. The molecule has 0 aliphatic carbocycles. The van der Waals surface area contributed by atoms with Crippen LogP contribution >= 0.6 is 25.9 Å². The average molecular weight is 404 g/mol. The van der Waals surface area contributed by atoms with Crippen molar-refractivity contribution in [3.63, 3.8) is 0 Å². The first kappa shape index (κ1) is 24.9. The van der Waals surface area contributed by atoms with E-state index in [2.05, 4.69) is 85.9 Å². The van der Waals surface area contributed by atoms with Crippen molar-refractivity contribution in [3.05, 3.63) is 0 Å². The maximum atomic E-state index is 4.20. The van der Waals surface area contributed by atoms with Gasteiger partial charge in [-0.15, -0.1) is 15.8 Å². The van der Waals surface area contributed by atoms with Gasteiger partial charge in [0, 0.05) is 0 Å². The van der Waals surface area contributed by atoms with E-state index in [-0.39, 0.29) is 15.8 Å². The summed E-state index contributed by atoms with van der Waals surface area (Å²) in [5, 5.41) is 3.70. The minimum absolute atomic E-state index is 0.207. The molecule has 0 unspecified atom stereocenters. The van der Waals surface area contributed by atoms with Crippen LogP contribution in [0.25, 0.3) is 0 Å². The summed E-state index contributed by atoms with van der Waals surface area (Å²) < 4.78 is 0. The van der Waals surface area contributed by atoms with Crippen molar-refractivity contribution < 1.29 is 15.1 Å². The van der Waals surface area contributed by atoms with E-state index in [1.54, 1.807) is 0 Å². The predicted octanol–water partition coefficient (Wildman–Crippen LogP) is 5.86. The molecule has 0 rings (SSSR count). The summed E-state index contributed by atoms with van der Waals surface area (Å²) in [4.78, 5) is 0. The van der Waals surface area contributed by atoms with Gasteiger partial charge in [0.25, 0.3) is 0 Å². The fraction of sp³-hybridized carbons (Fsp3) is 1.00. The summed E-state index contributed by atoms with van der Waals surface area (Å²) in [7, 11) is 4.62. The molecule has 0 radical (unpaired) electrons. The first-order valence-electron chi connectivity index (χ1n) is 8.11. The second kappa shape index (κ2) is 15.2. The Morgan fingerprint density at radius 2 is 0.905 bits per heavy atom. The number of hydrogen-bond acceptors (Lipinski definition) is 1. The van der Waals surface area contributed by atoms with Gasteiger partial charge in [0.2, 0.25) is 0 Å². The molecule has 0 heterocycles. The van der Waals surface area contributed by atoms with E-state index in [0.29, 0.717) is 0 Å². The van der Waals surface area contributed by atoms with Crippen molar-refractivity contribution in [2.75, 3.05) is 25.4 Å². The molecule has 1 nitrogen and oxygen atoms in total. The van der Waals surface area contributed by atoms with E-state index in [4.69, 9.17) is 0 Å². The normalized spacial score (nSPS) is 12.0. The summed E-state index contributed by atoms with van der Waals surface area (Å²) in [5.74, 6) is 0. The van der Waals surface area contributed by atoms with Crippen LogP contribution in [0.1, 0.15) is 55.4 Å². The van der Waals surface area contributed by atoms with Gasteiger partial charge >= 0.3 is 25.2 Å². The zero-order valence-corrected chi connectivity index (χ0v) is 18.7. The van der Waals surface area contributed by atoms with E-state index >= 15 is 0 Å². The van der Waals surface area contributed by atoms with Crippen LogP contribution in [0.15, 0.2) is 0 Å². The molecular formula is C16H37ClCuNP2. The van der Waals surface area contributed by atoms with Crippen molar-refractivity contribution in [2.45, 2.75) is 78.0 Å². The van der Waals surface area contributed by atoms with Gasteiger partial charge in [0.05, 0.1) is 0 Å². The minimum atomic E-state index is 0.207. The standard InChI is InChI=1S/C16H37NP2.ClH.Cu/c1-13(2)18(14(3)4)11-9-17-10-12-19(15(5)6)16(7)8;;/h13-17H,9-12H2,1-8H3;1H;/q;;+1/p-1. The van der Waals surface area contributed by atoms with E-state index in [1.165, 1.54) is 25.4 Å². The Bertz CT molecular complexity index is 188. The van der Waals surface area contributed by atoms with E-state index < -0.39 is 0 Å². The Labute approximate surface area is 149 Å². The molecule has 0 aliphatic rings. The van der Waals surface area contributed by atoms with Crippen molar-refractivity contribution in [1.29, 1.82) is 0 Å². The topological polar surface area (TPSA) is 12.0 Å². The van der Waals surface area contributed by atoms with Crippen molar-refractivity contribution in [2.24, 2.45) is 0 Å². The van der Waals surface area contributed by atoms with Crippen molar-refractivity contribution >= 4 is 25.9 Å². The zero-order chi connectivity index (χ0) is 17.0. The molecule has 0 saturated carbocycles. The molecule has 134 valence electrons. The Morgan fingerprint density at radius 1 is 0.667 bits per heavy atom. The Balaban J connectivity index is 0. The Hall–Kier alpha value is 1.63. The molecule has 0 saturated heterocycles. The van der Waals surface area contributed by atoms with Crippen LogP contribution in [-0.2, 0) is 15.1 Å². The monoisotopic (exact) mass is 403 g/mol. The van der Waals surface area contributed by atoms with Gasteiger partial charge in [0.15, 0.2) is 0 Å². The van der Waals surface area contributed by atoms with Crippen LogP contribution in [0.3, 0.4) is 0 Å². The quantitative estimate of drug-likeness (QED) is 0.273. The molecule has 5 heteroatoms. The molecule has 0 aliphatic heterocycles. The molecular weight excluding hydrogens is 367 g/mol. The molecule has 0 bridgehead atoms. The summed E-state index contributed by atoms with van der Waals surface area (Å²) >= 11 is 3.66. The molecule has 0 fully saturated rings. The summed E-state index contributed by atoms with van der Waals surface area (Å²) in [5.41, 5.74) is 3.50.